The normalized spacial score (nSPS) is 14.1. The van der Waals surface area contributed by atoms with Crippen LogP contribution < -0.4 is 5.32 Å². The number of benzene rings is 2. The van der Waals surface area contributed by atoms with Crippen molar-refractivity contribution in [2.45, 2.75) is 56.4 Å². The van der Waals surface area contributed by atoms with Crippen molar-refractivity contribution in [3.8, 4) is 0 Å². The van der Waals surface area contributed by atoms with Crippen LogP contribution in [0.1, 0.15) is 37.8 Å². The quantitative estimate of drug-likeness (QED) is 0.532. The second-order valence-electron chi connectivity index (χ2n) is 7.62. The highest BCUT2D eigenvalue weighted by atomic mass is 32.2. The van der Waals surface area contributed by atoms with E-state index in [1.807, 2.05) is 61.5 Å². The van der Waals surface area contributed by atoms with Gasteiger partial charge in [-0.25, -0.2) is 4.79 Å². The molecule has 0 fully saturated rings. The number of aryl methyl sites for hydroxylation is 1. The third-order valence-electron chi connectivity index (χ3n) is 4.62. The molecule has 1 N–H and O–H groups in total. The number of hydrogen-bond acceptors (Lipinski definition) is 3. The molecule has 3 unspecified atom stereocenters. The monoisotopic (exact) mass is 413 g/mol. The van der Waals surface area contributed by atoms with Crippen molar-refractivity contribution in [3.63, 3.8) is 0 Å². The summed E-state index contributed by atoms with van der Waals surface area (Å²) in [5.74, 6) is 0.330. The average molecular weight is 414 g/mol. The lowest BCUT2D eigenvalue weighted by molar-refractivity contribution is 0.134. The summed E-state index contributed by atoms with van der Waals surface area (Å²) in [6.45, 7) is 10.2. The Morgan fingerprint density at radius 1 is 1.14 bits per heavy atom. The molecule has 0 spiro atoms. The number of carbonyl (C=O) groups excluding carboxylic acids is 1. The summed E-state index contributed by atoms with van der Waals surface area (Å²) in [7, 11) is -1.27. The van der Waals surface area contributed by atoms with E-state index in [9.17, 15) is 9.00 Å². The molecule has 2 aromatic carbocycles. The van der Waals surface area contributed by atoms with Gasteiger partial charge in [0.2, 0.25) is 0 Å². The Morgan fingerprint density at radius 3 is 2.38 bits per heavy atom. The van der Waals surface area contributed by atoms with Gasteiger partial charge in [0, 0.05) is 10.9 Å². The summed E-state index contributed by atoms with van der Waals surface area (Å²) in [5.41, 5.74) is 2.04. The van der Waals surface area contributed by atoms with Crippen LogP contribution in [0.25, 0.3) is 0 Å². The van der Waals surface area contributed by atoms with Crippen molar-refractivity contribution in [1.29, 1.82) is 0 Å². The Hall–Kier alpha value is -2.40. The number of rotatable bonds is 10. The summed E-state index contributed by atoms with van der Waals surface area (Å²) < 4.78 is 18.7. The topological polar surface area (TPSA) is 55.4 Å². The minimum atomic E-state index is -1.27. The minimum Gasteiger partial charge on any atom is -0.445 e. The van der Waals surface area contributed by atoms with Crippen LogP contribution in [-0.4, -0.2) is 21.6 Å². The molecule has 0 saturated carbocycles. The Balaban J connectivity index is 2.12. The summed E-state index contributed by atoms with van der Waals surface area (Å²) in [6.07, 6.45) is 2.52. The molecule has 5 heteroatoms. The van der Waals surface area contributed by atoms with Crippen LogP contribution in [0, 0.1) is 12.8 Å². The number of alkyl carbamates (subject to hydrolysis) is 1. The molecule has 0 aromatic heterocycles. The third kappa shape index (κ3) is 7.50. The van der Waals surface area contributed by atoms with E-state index in [2.05, 4.69) is 25.7 Å². The number of nitrogens with one attached hydrogen (secondary N) is 1. The molecule has 156 valence electrons. The number of hydrogen-bond donors (Lipinski definition) is 1. The number of allylic oxidation sites excluding steroid dienone is 1. The van der Waals surface area contributed by atoms with Crippen LogP contribution in [0.15, 0.2) is 72.1 Å². The van der Waals surface area contributed by atoms with Crippen LogP contribution in [0.3, 0.4) is 0 Å². The fourth-order valence-electron chi connectivity index (χ4n) is 3.14. The molecule has 0 aliphatic rings. The molecule has 4 nitrogen and oxygen atoms in total. The van der Waals surface area contributed by atoms with Gasteiger partial charge in [-0.15, -0.1) is 6.58 Å². The molecule has 1 amide bonds. The predicted molar refractivity (Wildman–Crippen MR) is 119 cm³/mol. The second kappa shape index (κ2) is 11.6. The highest BCUT2D eigenvalue weighted by Gasteiger charge is 2.29. The van der Waals surface area contributed by atoms with Crippen molar-refractivity contribution in [1.82, 2.24) is 5.32 Å². The Kier molecular flexibility index (Phi) is 9.13. The van der Waals surface area contributed by atoms with E-state index >= 15 is 0 Å². The van der Waals surface area contributed by atoms with Crippen LogP contribution in [-0.2, 0) is 22.1 Å². The lowest BCUT2D eigenvalue weighted by Crippen LogP contribution is -2.46. The Labute approximate surface area is 176 Å². The van der Waals surface area contributed by atoms with E-state index < -0.39 is 16.9 Å². The zero-order valence-electron chi connectivity index (χ0n) is 17.5. The SMILES string of the molecule is C=CCC(C(CC(C)C)NC(=O)OCc1ccccc1)S(=O)c1ccc(C)cc1. The maximum Gasteiger partial charge on any atom is 0.407 e. The van der Waals surface area contributed by atoms with Gasteiger partial charge in [-0.3, -0.25) is 4.21 Å². The van der Waals surface area contributed by atoms with Gasteiger partial charge >= 0.3 is 6.09 Å². The average Bonchev–Trinajstić information content (AvgIpc) is 2.70. The van der Waals surface area contributed by atoms with Gasteiger partial charge < -0.3 is 10.1 Å². The van der Waals surface area contributed by atoms with Crippen molar-refractivity contribution < 1.29 is 13.7 Å². The molecule has 2 aromatic rings. The largest absolute Gasteiger partial charge is 0.445 e. The molecule has 0 radical (unpaired) electrons. The Morgan fingerprint density at radius 2 is 1.79 bits per heavy atom. The molecule has 0 aliphatic heterocycles. The number of amides is 1. The maximum absolute atomic E-state index is 13.3. The minimum absolute atomic E-state index is 0.203. The summed E-state index contributed by atoms with van der Waals surface area (Å²) in [5, 5.41) is 2.69. The van der Waals surface area contributed by atoms with E-state index in [1.165, 1.54) is 0 Å². The van der Waals surface area contributed by atoms with Crippen molar-refractivity contribution >= 4 is 16.9 Å². The standard InChI is InChI=1S/C24H31NO3S/c1-5-9-23(29(27)21-14-12-19(4)13-15-21)22(16-18(2)3)25-24(26)28-17-20-10-7-6-8-11-20/h5-8,10-15,18,22-23H,1,9,16-17H2,2-4H3,(H,25,26). The molecule has 0 aliphatic carbocycles. The zero-order chi connectivity index (χ0) is 21.2. The van der Waals surface area contributed by atoms with E-state index in [0.717, 1.165) is 16.0 Å². The molecular formula is C24H31NO3S. The first kappa shape index (κ1) is 22.9. The lowest BCUT2D eigenvalue weighted by atomic mass is 9.99. The van der Waals surface area contributed by atoms with Gasteiger partial charge in [-0.1, -0.05) is 68.0 Å². The fourth-order valence-corrected chi connectivity index (χ4v) is 4.68. The van der Waals surface area contributed by atoms with Crippen molar-refractivity contribution in [2.24, 2.45) is 5.92 Å². The first-order valence-corrected chi connectivity index (χ1v) is 11.2. The first-order chi connectivity index (χ1) is 13.9. The first-order valence-electron chi connectivity index (χ1n) is 9.96. The number of ether oxygens (including phenoxy) is 1. The zero-order valence-corrected chi connectivity index (χ0v) is 18.3. The lowest BCUT2D eigenvalue weighted by Gasteiger charge is -2.28. The highest BCUT2D eigenvalue weighted by molar-refractivity contribution is 7.85. The van der Waals surface area contributed by atoms with Gasteiger partial charge in [0.1, 0.15) is 6.61 Å². The third-order valence-corrected chi connectivity index (χ3v) is 6.43. The van der Waals surface area contributed by atoms with Gasteiger partial charge in [0.15, 0.2) is 0 Å². The van der Waals surface area contributed by atoms with Gasteiger partial charge in [0.25, 0.3) is 0 Å². The van der Waals surface area contributed by atoms with Crippen LogP contribution in [0.5, 0.6) is 0 Å². The molecular weight excluding hydrogens is 382 g/mol. The second-order valence-corrected chi connectivity index (χ2v) is 9.29. The van der Waals surface area contributed by atoms with Gasteiger partial charge in [-0.05, 0) is 43.4 Å². The highest BCUT2D eigenvalue weighted by Crippen LogP contribution is 2.22. The van der Waals surface area contributed by atoms with E-state index in [-0.39, 0.29) is 17.9 Å². The molecule has 29 heavy (non-hydrogen) atoms. The van der Waals surface area contributed by atoms with Crippen LogP contribution in [0.2, 0.25) is 0 Å². The van der Waals surface area contributed by atoms with Crippen molar-refractivity contribution in [3.05, 3.63) is 78.4 Å². The van der Waals surface area contributed by atoms with E-state index in [4.69, 9.17) is 4.74 Å². The maximum atomic E-state index is 13.3. The number of carbonyl (C=O) groups is 1. The predicted octanol–water partition coefficient (Wildman–Crippen LogP) is 5.39. The fraction of sp³-hybridized carbons (Fsp3) is 0.375. The summed E-state index contributed by atoms with van der Waals surface area (Å²) in [4.78, 5) is 13.2. The molecule has 3 atom stereocenters. The molecule has 2 rings (SSSR count). The van der Waals surface area contributed by atoms with Gasteiger partial charge in [-0.2, -0.15) is 0 Å². The Bertz CT molecular complexity index is 803. The van der Waals surface area contributed by atoms with E-state index in [0.29, 0.717) is 18.8 Å². The molecule has 0 bridgehead atoms. The summed E-state index contributed by atoms with van der Waals surface area (Å²) >= 11 is 0. The van der Waals surface area contributed by atoms with Crippen LogP contribution in [0.4, 0.5) is 4.79 Å². The van der Waals surface area contributed by atoms with Gasteiger partial charge in [0.05, 0.1) is 16.0 Å². The molecule has 0 saturated heterocycles. The smallest absolute Gasteiger partial charge is 0.407 e. The van der Waals surface area contributed by atoms with Crippen molar-refractivity contribution in [2.75, 3.05) is 0 Å². The molecule has 0 heterocycles. The van der Waals surface area contributed by atoms with E-state index in [1.54, 1.807) is 6.08 Å². The summed E-state index contributed by atoms with van der Waals surface area (Å²) in [6, 6.07) is 17.0. The van der Waals surface area contributed by atoms with Crippen LogP contribution >= 0.6 is 0 Å².